The zero-order valence-corrected chi connectivity index (χ0v) is 21.3. The van der Waals surface area contributed by atoms with Gasteiger partial charge in [-0.25, -0.2) is 9.07 Å². The molecule has 4 aromatic rings. The number of benzene rings is 3. The van der Waals surface area contributed by atoms with E-state index in [-0.39, 0.29) is 28.2 Å². The van der Waals surface area contributed by atoms with Crippen LogP contribution in [0.5, 0.6) is 5.75 Å². The average Bonchev–Trinajstić information content (AvgIpc) is 3.37. The first-order valence-electron chi connectivity index (χ1n) is 12.1. The summed E-state index contributed by atoms with van der Waals surface area (Å²) in [5, 5.41) is 24.9. The second-order valence-corrected chi connectivity index (χ2v) is 8.85. The molecule has 40 heavy (non-hydrogen) atoms. The number of methoxy groups -OCH3 is 1. The molecule has 0 unspecified atom stereocenters. The minimum atomic E-state index is -1.06. The van der Waals surface area contributed by atoms with Gasteiger partial charge in [0.05, 0.1) is 35.1 Å². The second kappa shape index (κ2) is 10.7. The molecule has 1 aliphatic heterocycles. The zero-order valence-electron chi connectivity index (χ0n) is 21.3. The number of nitro groups is 1. The lowest BCUT2D eigenvalue weighted by Gasteiger charge is -2.30. The molecule has 0 saturated heterocycles. The van der Waals surface area contributed by atoms with E-state index < -0.39 is 28.6 Å². The van der Waals surface area contributed by atoms with Gasteiger partial charge < -0.3 is 20.7 Å². The predicted molar refractivity (Wildman–Crippen MR) is 146 cm³/mol. The highest BCUT2D eigenvalue weighted by atomic mass is 19.1. The first-order chi connectivity index (χ1) is 19.3. The van der Waals surface area contributed by atoms with Crippen LogP contribution in [0.4, 0.5) is 27.3 Å². The van der Waals surface area contributed by atoms with Crippen LogP contribution in [0, 0.1) is 15.9 Å². The van der Waals surface area contributed by atoms with Crippen molar-refractivity contribution in [2.24, 2.45) is 0 Å². The first-order valence-corrected chi connectivity index (χ1v) is 12.1. The van der Waals surface area contributed by atoms with Gasteiger partial charge in [0.25, 0.3) is 17.5 Å². The monoisotopic (exact) mass is 542 g/mol. The largest absolute Gasteiger partial charge is 0.495 e. The number of carbonyl (C=O) groups excluding carboxylic acids is 2. The summed E-state index contributed by atoms with van der Waals surface area (Å²) in [6, 6.07) is 17.1. The Labute approximate surface area is 227 Å². The van der Waals surface area contributed by atoms with Crippen LogP contribution >= 0.6 is 0 Å². The molecule has 3 N–H and O–H groups in total. The number of anilines is 3. The van der Waals surface area contributed by atoms with Crippen molar-refractivity contribution in [3.05, 3.63) is 117 Å². The molecule has 2 amide bonds. The number of carbonyl (C=O) groups is 2. The number of ether oxygens (including phenoxy) is 1. The zero-order chi connectivity index (χ0) is 28.4. The van der Waals surface area contributed by atoms with Crippen LogP contribution in [0.15, 0.2) is 90.3 Å². The number of aromatic nitrogens is 2. The molecular weight excluding hydrogens is 519 g/mol. The van der Waals surface area contributed by atoms with E-state index in [1.54, 1.807) is 43.3 Å². The lowest BCUT2D eigenvalue weighted by molar-refractivity contribution is -0.385. The number of allylic oxidation sites excluding steroid dienone is 1. The minimum absolute atomic E-state index is 0.122. The highest BCUT2D eigenvalue weighted by Gasteiger charge is 2.38. The Hall–Kier alpha value is -5.52. The fourth-order valence-electron chi connectivity index (χ4n) is 4.56. The first kappa shape index (κ1) is 26.1. The van der Waals surface area contributed by atoms with E-state index >= 15 is 0 Å². The number of fused-ring (bicyclic) bond motifs is 1. The molecule has 2 heterocycles. The molecule has 202 valence electrons. The number of para-hydroxylation sites is 3. The lowest BCUT2D eigenvalue weighted by Crippen LogP contribution is -2.32. The van der Waals surface area contributed by atoms with Gasteiger partial charge in [0.2, 0.25) is 0 Å². The summed E-state index contributed by atoms with van der Waals surface area (Å²) in [5.41, 5.74) is 1.39. The molecule has 0 saturated carbocycles. The maximum Gasteiger partial charge on any atom is 0.275 e. The van der Waals surface area contributed by atoms with Gasteiger partial charge >= 0.3 is 0 Å². The lowest BCUT2D eigenvalue weighted by atomic mass is 9.93. The van der Waals surface area contributed by atoms with Crippen molar-refractivity contribution in [2.45, 2.75) is 13.0 Å². The third-order valence-electron chi connectivity index (χ3n) is 6.40. The number of nitro benzene ring substituents is 1. The fourth-order valence-corrected chi connectivity index (χ4v) is 4.56. The van der Waals surface area contributed by atoms with E-state index in [0.717, 1.165) is 0 Å². The van der Waals surface area contributed by atoms with E-state index in [1.165, 1.54) is 54.4 Å². The quantitative estimate of drug-likeness (QED) is 0.217. The van der Waals surface area contributed by atoms with Crippen LogP contribution in [0.25, 0.3) is 0 Å². The van der Waals surface area contributed by atoms with Gasteiger partial charge in [-0.05, 0) is 49.4 Å². The average molecular weight is 543 g/mol. The van der Waals surface area contributed by atoms with Crippen molar-refractivity contribution in [3.8, 4) is 5.75 Å². The maximum atomic E-state index is 13.7. The number of hydrogen-bond donors (Lipinski definition) is 3. The van der Waals surface area contributed by atoms with Crippen LogP contribution in [0.1, 0.15) is 28.9 Å². The number of hydrogen-bond acceptors (Lipinski definition) is 7. The number of halogens is 1. The van der Waals surface area contributed by atoms with Gasteiger partial charge in [-0.3, -0.25) is 19.7 Å². The molecule has 11 nitrogen and oxygen atoms in total. The highest BCUT2D eigenvalue weighted by molar-refractivity contribution is 6.10. The predicted octanol–water partition coefficient (Wildman–Crippen LogP) is 5.12. The summed E-state index contributed by atoms with van der Waals surface area (Å²) < 4.78 is 20.0. The Morgan fingerprint density at radius 3 is 2.45 bits per heavy atom. The summed E-state index contributed by atoms with van der Waals surface area (Å²) in [5.74, 6) is -0.879. The van der Waals surface area contributed by atoms with Crippen LogP contribution < -0.4 is 20.7 Å². The number of amides is 2. The molecular formula is C28H23FN6O5. The van der Waals surface area contributed by atoms with E-state index in [9.17, 15) is 24.1 Å². The molecule has 0 fully saturated rings. The summed E-state index contributed by atoms with van der Waals surface area (Å²) in [6.07, 6.45) is 1.30. The Morgan fingerprint density at radius 2 is 1.73 bits per heavy atom. The maximum absolute atomic E-state index is 13.7. The third-order valence-corrected chi connectivity index (χ3v) is 6.40. The Bertz CT molecular complexity index is 1660. The molecule has 0 radical (unpaired) electrons. The molecule has 5 rings (SSSR count). The van der Waals surface area contributed by atoms with Gasteiger partial charge in [-0.2, -0.15) is 5.10 Å². The minimum Gasteiger partial charge on any atom is -0.495 e. The van der Waals surface area contributed by atoms with E-state index in [2.05, 4.69) is 21.0 Å². The number of nitrogens with one attached hydrogen (secondary N) is 3. The molecule has 1 aromatic heterocycles. The Morgan fingerprint density at radius 1 is 1.02 bits per heavy atom. The van der Waals surface area contributed by atoms with Crippen LogP contribution in [0.3, 0.4) is 0 Å². The van der Waals surface area contributed by atoms with Crippen molar-refractivity contribution in [3.63, 3.8) is 0 Å². The molecule has 3 aromatic carbocycles. The van der Waals surface area contributed by atoms with Crippen molar-refractivity contribution in [1.82, 2.24) is 9.78 Å². The van der Waals surface area contributed by atoms with Gasteiger partial charge in [0.1, 0.15) is 29.0 Å². The second-order valence-electron chi connectivity index (χ2n) is 8.85. The van der Waals surface area contributed by atoms with E-state index in [0.29, 0.717) is 22.8 Å². The van der Waals surface area contributed by atoms with Crippen LogP contribution in [0.2, 0.25) is 0 Å². The van der Waals surface area contributed by atoms with Gasteiger partial charge in [0, 0.05) is 17.5 Å². The number of rotatable bonds is 7. The molecule has 0 bridgehead atoms. The summed E-state index contributed by atoms with van der Waals surface area (Å²) in [7, 11) is 1.47. The van der Waals surface area contributed by atoms with Crippen LogP contribution in [-0.2, 0) is 4.79 Å². The Balaban J connectivity index is 1.59. The smallest absolute Gasteiger partial charge is 0.275 e. The van der Waals surface area contributed by atoms with Crippen molar-refractivity contribution >= 4 is 34.7 Å². The SMILES string of the molecule is COc1ccccc1NC(=O)C1=C(C)Nc2c(C(=O)Nc3ccc(F)cc3)cnn2[C@@H]1c1ccccc1[N+](=O)[O-]. The van der Waals surface area contributed by atoms with Gasteiger partial charge in [-0.1, -0.05) is 24.3 Å². The number of nitrogens with zero attached hydrogens (tertiary/aromatic N) is 3. The topological polar surface area (TPSA) is 140 Å². The normalized spacial score (nSPS) is 14.1. The molecule has 12 heteroatoms. The van der Waals surface area contributed by atoms with Gasteiger partial charge in [0.15, 0.2) is 0 Å². The molecule has 0 spiro atoms. The Kier molecular flexibility index (Phi) is 6.98. The van der Waals surface area contributed by atoms with E-state index in [4.69, 9.17) is 4.74 Å². The summed E-state index contributed by atoms with van der Waals surface area (Å²) in [6.45, 7) is 1.64. The summed E-state index contributed by atoms with van der Waals surface area (Å²) in [4.78, 5) is 38.4. The molecule has 0 aliphatic carbocycles. The van der Waals surface area contributed by atoms with Gasteiger partial charge in [-0.15, -0.1) is 0 Å². The molecule has 1 aliphatic rings. The van der Waals surface area contributed by atoms with Crippen molar-refractivity contribution < 1.29 is 23.6 Å². The summed E-state index contributed by atoms with van der Waals surface area (Å²) >= 11 is 0. The van der Waals surface area contributed by atoms with Crippen molar-refractivity contribution in [1.29, 1.82) is 0 Å². The molecule has 1 atom stereocenters. The standard InChI is InChI=1S/C28H23FN6O5/c1-16-24(28(37)33-21-8-4-6-10-23(21)40-2)25(19-7-3-5-9-22(19)35(38)39)34-26(31-16)20(15-30-34)27(36)32-18-13-11-17(29)12-14-18/h3-15,25,31H,1-2H3,(H,32,36)(H,33,37)/t25-/m1/s1. The third kappa shape index (κ3) is 4.85. The highest BCUT2D eigenvalue weighted by Crippen LogP contribution is 2.41. The van der Waals surface area contributed by atoms with E-state index in [1.807, 2.05) is 0 Å². The van der Waals surface area contributed by atoms with Crippen LogP contribution in [-0.4, -0.2) is 33.6 Å². The fraction of sp³-hybridized carbons (Fsp3) is 0.107. The van der Waals surface area contributed by atoms with Crippen molar-refractivity contribution in [2.75, 3.05) is 23.1 Å².